The van der Waals surface area contributed by atoms with Gasteiger partial charge < -0.3 is 19.0 Å². The molecule has 0 aliphatic rings. The Kier molecular flexibility index (Phi) is 6.25. The van der Waals surface area contributed by atoms with Crippen molar-refractivity contribution >= 4 is 17.0 Å². The van der Waals surface area contributed by atoms with Crippen molar-refractivity contribution in [2.75, 3.05) is 20.3 Å². The lowest BCUT2D eigenvalue weighted by Gasteiger charge is -2.08. The van der Waals surface area contributed by atoms with Crippen LogP contribution in [0.5, 0.6) is 0 Å². The lowest BCUT2D eigenvalue weighted by atomic mass is 10.1. The number of nitrogens with zero attached hydrogens (tertiary/aromatic N) is 4. The van der Waals surface area contributed by atoms with Crippen molar-refractivity contribution < 1.29 is 13.9 Å². The van der Waals surface area contributed by atoms with Crippen LogP contribution in [0.1, 0.15) is 35.3 Å². The van der Waals surface area contributed by atoms with Gasteiger partial charge in [0.25, 0.3) is 11.5 Å². The van der Waals surface area contributed by atoms with Gasteiger partial charge in [0, 0.05) is 39.0 Å². The van der Waals surface area contributed by atoms with Gasteiger partial charge in [0.1, 0.15) is 23.3 Å². The molecule has 9 heteroatoms. The summed E-state index contributed by atoms with van der Waals surface area (Å²) in [4.78, 5) is 33.9. The molecular formula is C19H25N5O4. The van der Waals surface area contributed by atoms with Gasteiger partial charge in [-0.05, 0) is 13.3 Å². The quantitative estimate of drug-likeness (QED) is 0.558. The molecule has 3 aromatic heterocycles. The maximum absolute atomic E-state index is 12.7. The SMILES string of the molecule is CCc1nccn1CCCNC(=O)c1c(C)oc2ncn(CCOC)c(=O)c12. The number of methoxy groups -OCH3 is 1. The van der Waals surface area contributed by atoms with E-state index in [0.29, 0.717) is 25.5 Å². The molecule has 150 valence electrons. The lowest BCUT2D eigenvalue weighted by Crippen LogP contribution is -2.28. The number of imidazole rings is 1. The Labute approximate surface area is 162 Å². The van der Waals surface area contributed by atoms with E-state index in [1.54, 1.807) is 20.2 Å². The van der Waals surface area contributed by atoms with Crippen molar-refractivity contribution in [2.45, 2.75) is 39.8 Å². The monoisotopic (exact) mass is 387 g/mol. The van der Waals surface area contributed by atoms with Crippen molar-refractivity contribution in [3.05, 3.63) is 46.2 Å². The molecule has 0 fully saturated rings. The van der Waals surface area contributed by atoms with E-state index in [2.05, 4.69) is 26.8 Å². The van der Waals surface area contributed by atoms with Crippen LogP contribution in [0, 0.1) is 6.92 Å². The van der Waals surface area contributed by atoms with Crippen LogP contribution >= 0.6 is 0 Å². The van der Waals surface area contributed by atoms with Gasteiger partial charge in [-0.25, -0.2) is 9.97 Å². The zero-order valence-electron chi connectivity index (χ0n) is 16.4. The first-order chi connectivity index (χ1) is 13.6. The maximum atomic E-state index is 12.7. The van der Waals surface area contributed by atoms with Crippen LogP contribution in [0.4, 0.5) is 0 Å². The molecule has 1 amide bonds. The first-order valence-electron chi connectivity index (χ1n) is 9.32. The van der Waals surface area contributed by atoms with Crippen LogP contribution in [-0.4, -0.2) is 45.3 Å². The van der Waals surface area contributed by atoms with Crippen LogP contribution in [0.25, 0.3) is 11.1 Å². The fourth-order valence-corrected chi connectivity index (χ4v) is 3.16. The summed E-state index contributed by atoms with van der Waals surface area (Å²) >= 11 is 0. The number of rotatable bonds is 9. The average molecular weight is 387 g/mol. The second kappa shape index (κ2) is 8.83. The van der Waals surface area contributed by atoms with Gasteiger partial charge >= 0.3 is 0 Å². The zero-order valence-corrected chi connectivity index (χ0v) is 16.4. The van der Waals surface area contributed by atoms with E-state index in [-0.39, 0.29) is 28.1 Å². The molecule has 0 aliphatic heterocycles. The number of ether oxygens (including phenoxy) is 1. The summed E-state index contributed by atoms with van der Waals surface area (Å²) in [5.41, 5.74) is 0.110. The summed E-state index contributed by atoms with van der Waals surface area (Å²) in [5, 5.41) is 3.08. The summed E-state index contributed by atoms with van der Waals surface area (Å²) in [7, 11) is 1.56. The van der Waals surface area contributed by atoms with E-state index >= 15 is 0 Å². The minimum absolute atomic E-state index is 0.173. The number of aryl methyl sites for hydroxylation is 3. The van der Waals surface area contributed by atoms with Gasteiger partial charge in [0.2, 0.25) is 5.71 Å². The van der Waals surface area contributed by atoms with E-state index in [0.717, 1.165) is 25.2 Å². The van der Waals surface area contributed by atoms with Gasteiger partial charge in [-0.1, -0.05) is 6.92 Å². The summed E-state index contributed by atoms with van der Waals surface area (Å²) in [5.74, 6) is 1.07. The molecule has 1 N–H and O–H groups in total. The number of fused-ring (bicyclic) bond motifs is 1. The number of hydrogen-bond acceptors (Lipinski definition) is 6. The Hall–Kier alpha value is -2.94. The molecule has 0 atom stereocenters. The number of furan rings is 1. The van der Waals surface area contributed by atoms with Crippen molar-refractivity contribution in [2.24, 2.45) is 0 Å². The fraction of sp³-hybridized carbons (Fsp3) is 0.474. The predicted molar refractivity (Wildman–Crippen MR) is 103 cm³/mol. The molecule has 0 saturated carbocycles. The van der Waals surface area contributed by atoms with Crippen LogP contribution in [0.3, 0.4) is 0 Å². The average Bonchev–Trinajstić information content (AvgIpc) is 3.28. The Morgan fingerprint density at radius 1 is 1.29 bits per heavy atom. The molecule has 0 radical (unpaired) electrons. The first kappa shape index (κ1) is 19.8. The van der Waals surface area contributed by atoms with Crippen molar-refractivity contribution in [1.82, 2.24) is 24.4 Å². The van der Waals surface area contributed by atoms with Crippen LogP contribution in [0.15, 0.2) is 27.9 Å². The number of carbonyl (C=O) groups excluding carboxylic acids is 1. The second-order valence-corrected chi connectivity index (χ2v) is 6.45. The van der Waals surface area contributed by atoms with Crippen LogP contribution in [0.2, 0.25) is 0 Å². The largest absolute Gasteiger partial charge is 0.442 e. The molecule has 0 bridgehead atoms. The van der Waals surface area contributed by atoms with Gasteiger partial charge in [-0.3, -0.25) is 14.2 Å². The second-order valence-electron chi connectivity index (χ2n) is 6.45. The number of hydrogen-bond donors (Lipinski definition) is 1. The zero-order chi connectivity index (χ0) is 20.1. The normalized spacial score (nSPS) is 11.2. The van der Waals surface area contributed by atoms with E-state index in [1.165, 1.54) is 10.9 Å². The van der Waals surface area contributed by atoms with Crippen molar-refractivity contribution in [3.63, 3.8) is 0 Å². The fourth-order valence-electron chi connectivity index (χ4n) is 3.16. The van der Waals surface area contributed by atoms with Gasteiger partial charge in [0.05, 0.1) is 18.7 Å². The molecular weight excluding hydrogens is 362 g/mol. The number of amides is 1. The van der Waals surface area contributed by atoms with E-state index in [4.69, 9.17) is 9.15 Å². The van der Waals surface area contributed by atoms with E-state index < -0.39 is 0 Å². The summed E-state index contributed by atoms with van der Waals surface area (Å²) in [6, 6.07) is 0. The minimum Gasteiger partial charge on any atom is -0.442 e. The first-order valence-corrected chi connectivity index (χ1v) is 9.32. The predicted octanol–water partition coefficient (Wildman–Crippen LogP) is 1.52. The molecule has 3 aromatic rings. The third kappa shape index (κ3) is 3.99. The van der Waals surface area contributed by atoms with Gasteiger partial charge in [-0.2, -0.15) is 0 Å². The third-order valence-corrected chi connectivity index (χ3v) is 4.60. The minimum atomic E-state index is -0.332. The maximum Gasteiger partial charge on any atom is 0.265 e. The standard InChI is InChI=1S/C19H25N5O4/c1-4-14-20-7-9-23(14)8-5-6-21-17(25)15-13(2)28-18-16(15)19(26)24(12-22-18)10-11-27-3/h7,9,12H,4-6,8,10-11H2,1-3H3,(H,21,25). The Morgan fingerprint density at radius 3 is 2.86 bits per heavy atom. The highest BCUT2D eigenvalue weighted by Crippen LogP contribution is 2.20. The highest BCUT2D eigenvalue weighted by molar-refractivity contribution is 6.06. The van der Waals surface area contributed by atoms with E-state index in [9.17, 15) is 9.59 Å². The molecule has 0 saturated heterocycles. The van der Waals surface area contributed by atoms with Crippen molar-refractivity contribution in [1.29, 1.82) is 0 Å². The highest BCUT2D eigenvalue weighted by Gasteiger charge is 2.22. The molecule has 0 unspecified atom stereocenters. The van der Waals surface area contributed by atoms with Crippen LogP contribution in [-0.2, 0) is 24.2 Å². The van der Waals surface area contributed by atoms with Gasteiger partial charge in [0.15, 0.2) is 0 Å². The Bertz CT molecular complexity index is 1020. The van der Waals surface area contributed by atoms with E-state index in [1.807, 2.05) is 6.20 Å². The third-order valence-electron chi connectivity index (χ3n) is 4.60. The topological polar surface area (TPSA) is 104 Å². The Morgan fingerprint density at radius 2 is 2.11 bits per heavy atom. The molecule has 3 heterocycles. The lowest BCUT2D eigenvalue weighted by molar-refractivity contribution is 0.0952. The van der Waals surface area contributed by atoms with Gasteiger partial charge in [-0.15, -0.1) is 0 Å². The molecule has 3 rings (SSSR count). The number of nitrogens with one attached hydrogen (secondary N) is 1. The highest BCUT2D eigenvalue weighted by atomic mass is 16.5. The smallest absolute Gasteiger partial charge is 0.265 e. The summed E-state index contributed by atoms with van der Waals surface area (Å²) in [6.45, 7) is 5.69. The van der Waals surface area contributed by atoms with Crippen LogP contribution < -0.4 is 10.9 Å². The number of aromatic nitrogens is 4. The number of carbonyl (C=O) groups is 1. The molecule has 0 aromatic carbocycles. The summed E-state index contributed by atoms with van der Waals surface area (Å²) in [6.07, 6.45) is 6.73. The Balaban J connectivity index is 1.72. The van der Waals surface area contributed by atoms with Crippen molar-refractivity contribution in [3.8, 4) is 0 Å². The molecule has 9 nitrogen and oxygen atoms in total. The molecule has 0 aliphatic carbocycles. The molecule has 28 heavy (non-hydrogen) atoms. The summed E-state index contributed by atoms with van der Waals surface area (Å²) < 4.78 is 14.0. The molecule has 0 spiro atoms.